The van der Waals surface area contributed by atoms with E-state index in [1.165, 1.54) is 5.56 Å². The number of ketones is 1. The van der Waals surface area contributed by atoms with E-state index in [1.54, 1.807) is 30.2 Å². The molecule has 0 aromatic heterocycles. The van der Waals surface area contributed by atoms with E-state index in [9.17, 15) is 14.7 Å². The number of carbonyl (C=O) groups excluding carboxylic acids is 2. The first-order valence-corrected chi connectivity index (χ1v) is 12.3. The fourth-order valence-electron chi connectivity index (χ4n) is 4.86. The molecule has 1 amide bonds. The Labute approximate surface area is 206 Å². The van der Waals surface area contributed by atoms with Gasteiger partial charge >= 0.3 is 0 Å². The Morgan fingerprint density at radius 3 is 2.43 bits per heavy atom. The van der Waals surface area contributed by atoms with Gasteiger partial charge in [0.1, 0.15) is 11.5 Å². The van der Waals surface area contributed by atoms with Crippen LogP contribution in [0, 0.1) is 6.92 Å². The van der Waals surface area contributed by atoms with Crippen molar-refractivity contribution < 1.29 is 24.2 Å². The second-order valence-corrected chi connectivity index (χ2v) is 9.08. The number of carbonyl (C=O) groups is 2. The first-order chi connectivity index (χ1) is 16.9. The number of likely N-dealkylation sites (tertiary alicyclic amines) is 1. The Bertz CT molecular complexity index is 1100. The van der Waals surface area contributed by atoms with Crippen LogP contribution >= 0.6 is 0 Å². The molecule has 2 aliphatic rings. The molecular formula is C28H34N2O5. The monoisotopic (exact) mass is 478 g/mol. The summed E-state index contributed by atoms with van der Waals surface area (Å²) < 4.78 is 10.7. The number of aryl methyl sites for hydroxylation is 2. The Morgan fingerprint density at radius 1 is 1.09 bits per heavy atom. The van der Waals surface area contributed by atoms with Gasteiger partial charge in [0, 0.05) is 31.7 Å². The molecule has 0 aliphatic carbocycles. The Kier molecular flexibility index (Phi) is 7.88. The molecule has 0 saturated carbocycles. The minimum absolute atomic E-state index is 0.138. The normalized spacial score (nSPS) is 20.4. The van der Waals surface area contributed by atoms with Crippen LogP contribution in [0.2, 0.25) is 0 Å². The van der Waals surface area contributed by atoms with Gasteiger partial charge in [-0.05, 0) is 54.7 Å². The van der Waals surface area contributed by atoms with Crippen LogP contribution in [0.4, 0.5) is 0 Å². The van der Waals surface area contributed by atoms with E-state index in [4.69, 9.17) is 9.47 Å². The summed E-state index contributed by atoms with van der Waals surface area (Å²) in [5.41, 5.74) is 3.41. The molecule has 0 radical (unpaired) electrons. The van der Waals surface area contributed by atoms with Crippen LogP contribution in [-0.2, 0) is 20.7 Å². The zero-order valence-corrected chi connectivity index (χ0v) is 20.8. The lowest BCUT2D eigenvalue weighted by molar-refractivity contribution is -0.140. The topological polar surface area (TPSA) is 79.3 Å². The van der Waals surface area contributed by atoms with Crippen LogP contribution in [0.3, 0.4) is 0 Å². The van der Waals surface area contributed by atoms with Gasteiger partial charge < -0.3 is 19.5 Å². The van der Waals surface area contributed by atoms with Gasteiger partial charge in [0.25, 0.3) is 11.7 Å². The van der Waals surface area contributed by atoms with Crippen molar-refractivity contribution in [3.63, 3.8) is 0 Å². The summed E-state index contributed by atoms with van der Waals surface area (Å²) in [4.78, 5) is 30.4. The highest BCUT2D eigenvalue weighted by atomic mass is 16.5. The molecule has 2 heterocycles. The van der Waals surface area contributed by atoms with Gasteiger partial charge in [-0.3, -0.25) is 14.5 Å². The van der Waals surface area contributed by atoms with Crippen LogP contribution in [0.5, 0.6) is 5.75 Å². The van der Waals surface area contributed by atoms with Gasteiger partial charge in [0.05, 0.1) is 31.9 Å². The van der Waals surface area contributed by atoms with Crippen LogP contribution in [0.15, 0.2) is 48.0 Å². The van der Waals surface area contributed by atoms with E-state index >= 15 is 0 Å². The maximum Gasteiger partial charge on any atom is 0.295 e. The molecule has 1 N–H and O–H groups in total. The van der Waals surface area contributed by atoms with Crippen molar-refractivity contribution >= 4 is 17.4 Å². The Morgan fingerprint density at radius 2 is 1.80 bits per heavy atom. The van der Waals surface area contributed by atoms with Crippen molar-refractivity contribution in [1.82, 2.24) is 9.80 Å². The highest BCUT2D eigenvalue weighted by molar-refractivity contribution is 6.46. The van der Waals surface area contributed by atoms with Crippen LogP contribution in [-0.4, -0.2) is 73.1 Å². The van der Waals surface area contributed by atoms with Gasteiger partial charge in [0.2, 0.25) is 0 Å². The summed E-state index contributed by atoms with van der Waals surface area (Å²) in [5, 5.41) is 11.3. The summed E-state index contributed by atoms with van der Waals surface area (Å²) in [6.45, 7) is 8.37. The Balaban J connectivity index is 1.70. The van der Waals surface area contributed by atoms with Crippen molar-refractivity contribution in [3.05, 3.63) is 70.3 Å². The number of aliphatic hydroxyl groups excluding tert-OH is 1. The lowest BCUT2D eigenvalue weighted by Gasteiger charge is -2.29. The average molecular weight is 479 g/mol. The maximum absolute atomic E-state index is 13.3. The smallest absolute Gasteiger partial charge is 0.295 e. The van der Waals surface area contributed by atoms with E-state index in [-0.39, 0.29) is 11.3 Å². The summed E-state index contributed by atoms with van der Waals surface area (Å²) in [6.07, 6.45) is 1.63. The predicted octanol–water partition coefficient (Wildman–Crippen LogP) is 3.71. The number of hydrogen-bond acceptors (Lipinski definition) is 6. The molecule has 4 rings (SSSR count). The second-order valence-electron chi connectivity index (χ2n) is 9.08. The number of rotatable bonds is 8. The number of methoxy groups -OCH3 is 1. The predicted molar refractivity (Wildman–Crippen MR) is 134 cm³/mol. The lowest BCUT2D eigenvalue weighted by atomic mass is 9.93. The van der Waals surface area contributed by atoms with Gasteiger partial charge in [-0.1, -0.05) is 31.2 Å². The minimum Gasteiger partial charge on any atom is -0.507 e. The highest BCUT2D eigenvalue weighted by Gasteiger charge is 2.46. The number of aliphatic hydroxyl groups is 1. The number of hydrogen-bond donors (Lipinski definition) is 1. The molecule has 7 nitrogen and oxygen atoms in total. The lowest BCUT2D eigenvalue weighted by Crippen LogP contribution is -2.38. The highest BCUT2D eigenvalue weighted by Crippen LogP contribution is 2.40. The van der Waals surface area contributed by atoms with Gasteiger partial charge in [-0.2, -0.15) is 0 Å². The molecule has 2 aromatic rings. The van der Waals surface area contributed by atoms with Gasteiger partial charge in [-0.25, -0.2) is 0 Å². The first-order valence-electron chi connectivity index (χ1n) is 12.3. The van der Waals surface area contributed by atoms with Crippen molar-refractivity contribution in [2.75, 3.05) is 46.5 Å². The van der Waals surface area contributed by atoms with Crippen molar-refractivity contribution in [3.8, 4) is 5.75 Å². The summed E-state index contributed by atoms with van der Waals surface area (Å²) in [6, 6.07) is 12.6. The number of ether oxygens (including phenoxy) is 2. The third kappa shape index (κ3) is 5.26. The molecule has 2 aromatic carbocycles. The number of benzene rings is 2. The quantitative estimate of drug-likeness (QED) is 0.354. The van der Waals surface area contributed by atoms with E-state index in [0.29, 0.717) is 17.9 Å². The average Bonchev–Trinajstić information content (AvgIpc) is 3.14. The van der Waals surface area contributed by atoms with E-state index in [2.05, 4.69) is 11.8 Å². The molecule has 0 bridgehead atoms. The molecule has 0 spiro atoms. The largest absolute Gasteiger partial charge is 0.507 e. The number of amides is 1. The summed E-state index contributed by atoms with van der Waals surface area (Å²) >= 11 is 0. The minimum atomic E-state index is -0.645. The molecule has 7 heteroatoms. The molecule has 1 atom stereocenters. The molecule has 2 saturated heterocycles. The molecule has 35 heavy (non-hydrogen) atoms. The van der Waals surface area contributed by atoms with Crippen LogP contribution in [0.1, 0.15) is 41.6 Å². The molecule has 2 aliphatic heterocycles. The fourth-order valence-corrected chi connectivity index (χ4v) is 4.86. The standard InChI is InChI=1S/C28H34N2O5/c1-4-20-6-8-21(9-7-20)25-24(26(31)23-11-10-22(34-3)18-19(23)2)27(32)28(33)30(25)13-5-12-29-14-16-35-17-15-29/h6-11,18,25,31H,4-5,12-17H2,1-3H3. The molecule has 2 fully saturated rings. The zero-order valence-electron chi connectivity index (χ0n) is 20.8. The second kappa shape index (κ2) is 11.1. The number of morpholine rings is 1. The SMILES string of the molecule is CCc1ccc(C2C(=C(O)c3ccc(OC)cc3C)C(=O)C(=O)N2CCCN2CCOCC2)cc1. The van der Waals surface area contributed by atoms with E-state index in [0.717, 1.165) is 56.8 Å². The third-order valence-corrected chi connectivity index (χ3v) is 6.91. The van der Waals surface area contributed by atoms with Gasteiger partial charge in [0.15, 0.2) is 0 Å². The fraction of sp³-hybridized carbons (Fsp3) is 0.429. The van der Waals surface area contributed by atoms with Crippen LogP contribution in [0.25, 0.3) is 5.76 Å². The third-order valence-electron chi connectivity index (χ3n) is 6.91. The van der Waals surface area contributed by atoms with Crippen molar-refractivity contribution in [1.29, 1.82) is 0 Å². The van der Waals surface area contributed by atoms with Crippen molar-refractivity contribution in [2.24, 2.45) is 0 Å². The molecule has 186 valence electrons. The number of Topliss-reactive ketones (excluding diaryl/α,β-unsaturated/α-hetero) is 1. The van der Waals surface area contributed by atoms with Gasteiger partial charge in [-0.15, -0.1) is 0 Å². The molecule has 1 unspecified atom stereocenters. The Hall–Kier alpha value is -3.16. The zero-order chi connectivity index (χ0) is 24.9. The summed E-state index contributed by atoms with van der Waals surface area (Å²) in [7, 11) is 1.58. The summed E-state index contributed by atoms with van der Waals surface area (Å²) in [5.74, 6) is -0.698. The first kappa shape index (κ1) is 24.9. The van der Waals surface area contributed by atoms with E-state index < -0.39 is 17.7 Å². The number of nitrogens with zero attached hydrogens (tertiary/aromatic N) is 2. The van der Waals surface area contributed by atoms with Crippen LogP contribution < -0.4 is 4.74 Å². The maximum atomic E-state index is 13.3. The van der Waals surface area contributed by atoms with Crippen molar-refractivity contribution in [2.45, 2.75) is 32.7 Å². The molecular weight excluding hydrogens is 444 g/mol. The van der Waals surface area contributed by atoms with E-state index in [1.807, 2.05) is 31.2 Å².